The molecule has 0 aliphatic heterocycles. The lowest BCUT2D eigenvalue weighted by Gasteiger charge is -2.15. The lowest BCUT2D eigenvalue weighted by Crippen LogP contribution is -2.10. The van der Waals surface area contributed by atoms with Crippen molar-refractivity contribution in [3.63, 3.8) is 0 Å². The van der Waals surface area contributed by atoms with E-state index in [1.165, 1.54) is 16.5 Å². The smallest absolute Gasteiger partial charge is 0.150 e. The molecule has 1 aliphatic rings. The summed E-state index contributed by atoms with van der Waals surface area (Å²) in [6.45, 7) is 7.75. The fraction of sp³-hybridized carbons (Fsp3) is 0.471. The van der Waals surface area contributed by atoms with E-state index in [9.17, 15) is 0 Å². The average molecular weight is 347 g/mol. The maximum Gasteiger partial charge on any atom is 0.150 e. The zero-order chi connectivity index (χ0) is 16.2. The van der Waals surface area contributed by atoms with E-state index in [4.69, 9.17) is 16.6 Å². The SMILES string of the molecule is CCCNc1nc2sc3c(Cl)ncnc3c2c2c1CC(C)(C)C2. The molecule has 3 aromatic rings. The van der Waals surface area contributed by atoms with Crippen LogP contribution in [0.3, 0.4) is 0 Å². The largest absolute Gasteiger partial charge is 0.370 e. The molecule has 0 aromatic carbocycles. The summed E-state index contributed by atoms with van der Waals surface area (Å²) in [5.41, 5.74) is 3.95. The average Bonchev–Trinajstić information content (AvgIpc) is 3.02. The van der Waals surface area contributed by atoms with Gasteiger partial charge in [0.2, 0.25) is 0 Å². The predicted molar refractivity (Wildman–Crippen MR) is 97.7 cm³/mol. The van der Waals surface area contributed by atoms with Crippen LogP contribution in [0.15, 0.2) is 6.33 Å². The Labute approximate surface area is 144 Å². The highest BCUT2D eigenvalue weighted by atomic mass is 35.5. The summed E-state index contributed by atoms with van der Waals surface area (Å²) in [5.74, 6) is 1.04. The van der Waals surface area contributed by atoms with E-state index in [2.05, 4.69) is 36.1 Å². The minimum Gasteiger partial charge on any atom is -0.370 e. The zero-order valence-electron chi connectivity index (χ0n) is 13.5. The number of fused-ring (bicyclic) bond motifs is 5. The maximum absolute atomic E-state index is 6.27. The molecule has 1 aliphatic carbocycles. The second-order valence-electron chi connectivity index (χ2n) is 6.99. The lowest BCUT2D eigenvalue weighted by molar-refractivity contribution is 0.393. The molecule has 0 saturated heterocycles. The van der Waals surface area contributed by atoms with Gasteiger partial charge in [0.1, 0.15) is 22.1 Å². The zero-order valence-corrected chi connectivity index (χ0v) is 15.1. The van der Waals surface area contributed by atoms with Gasteiger partial charge >= 0.3 is 0 Å². The predicted octanol–water partition coefficient (Wildman–Crippen LogP) is 4.84. The topological polar surface area (TPSA) is 50.7 Å². The van der Waals surface area contributed by atoms with Gasteiger partial charge in [-0.3, -0.25) is 0 Å². The van der Waals surface area contributed by atoms with Crippen molar-refractivity contribution in [3.05, 3.63) is 22.6 Å². The van der Waals surface area contributed by atoms with Crippen molar-refractivity contribution in [2.45, 2.75) is 40.0 Å². The van der Waals surface area contributed by atoms with Gasteiger partial charge in [0.25, 0.3) is 0 Å². The first-order valence-corrected chi connectivity index (χ1v) is 9.18. The molecule has 0 bridgehead atoms. The van der Waals surface area contributed by atoms with Crippen LogP contribution in [0.25, 0.3) is 20.4 Å². The Bertz CT molecular complexity index is 916. The summed E-state index contributed by atoms with van der Waals surface area (Å²) in [7, 11) is 0. The van der Waals surface area contributed by atoms with Crippen molar-refractivity contribution in [2.75, 3.05) is 11.9 Å². The number of nitrogens with one attached hydrogen (secondary N) is 1. The van der Waals surface area contributed by atoms with E-state index in [-0.39, 0.29) is 5.41 Å². The third kappa shape index (κ3) is 2.37. The molecular formula is C17H19ClN4S. The highest BCUT2D eigenvalue weighted by molar-refractivity contribution is 7.26. The lowest BCUT2D eigenvalue weighted by atomic mass is 9.90. The Morgan fingerprint density at radius 1 is 1.26 bits per heavy atom. The summed E-state index contributed by atoms with van der Waals surface area (Å²) in [4.78, 5) is 14.5. The first-order chi connectivity index (χ1) is 11.0. The van der Waals surface area contributed by atoms with Crippen molar-refractivity contribution < 1.29 is 0 Å². The molecule has 0 radical (unpaired) electrons. The number of hydrogen-bond donors (Lipinski definition) is 1. The van der Waals surface area contributed by atoms with Gasteiger partial charge in [-0.25, -0.2) is 15.0 Å². The molecule has 0 saturated carbocycles. The van der Waals surface area contributed by atoms with Crippen LogP contribution >= 0.6 is 22.9 Å². The van der Waals surface area contributed by atoms with E-state index in [0.717, 1.165) is 46.7 Å². The summed E-state index contributed by atoms with van der Waals surface area (Å²) in [6.07, 6.45) is 4.73. The van der Waals surface area contributed by atoms with E-state index >= 15 is 0 Å². The Hall–Kier alpha value is -1.46. The first kappa shape index (κ1) is 15.1. The van der Waals surface area contributed by atoms with Crippen molar-refractivity contribution in [1.29, 1.82) is 0 Å². The van der Waals surface area contributed by atoms with Gasteiger partial charge in [0.05, 0.1) is 10.2 Å². The number of nitrogens with zero attached hydrogens (tertiary/aromatic N) is 3. The Kier molecular flexibility index (Phi) is 3.46. The minimum absolute atomic E-state index is 0.256. The third-order valence-electron chi connectivity index (χ3n) is 4.43. The van der Waals surface area contributed by atoms with E-state index in [1.54, 1.807) is 17.7 Å². The van der Waals surface area contributed by atoms with Gasteiger partial charge < -0.3 is 5.32 Å². The molecule has 3 aromatic heterocycles. The summed E-state index contributed by atoms with van der Waals surface area (Å²) in [5, 5.41) is 5.21. The molecule has 0 amide bonds. The molecule has 23 heavy (non-hydrogen) atoms. The second-order valence-corrected chi connectivity index (χ2v) is 8.34. The van der Waals surface area contributed by atoms with Crippen LogP contribution < -0.4 is 5.32 Å². The number of pyridine rings is 1. The second kappa shape index (κ2) is 5.28. The van der Waals surface area contributed by atoms with Crippen molar-refractivity contribution in [3.8, 4) is 0 Å². The van der Waals surface area contributed by atoms with E-state index < -0.39 is 0 Å². The summed E-state index contributed by atoms with van der Waals surface area (Å²) < 4.78 is 0.941. The van der Waals surface area contributed by atoms with Crippen LogP contribution in [0.1, 0.15) is 38.3 Å². The molecule has 6 heteroatoms. The van der Waals surface area contributed by atoms with E-state index in [1.807, 2.05) is 0 Å². The number of hydrogen-bond acceptors (Lipinski definition) is 5. The quantitative estimate of drug-likeness (QED) is 0.689. The molecule has 1 N–H and O–H groups in total. The Morgan fingerprint density at radius 3 is 2.83 bits per heavy atom. The van der Waals surface area contributed by atoms with Gasteiger partial charge in [-0.1, -0.05) is 32.4 Å². The molecule has 0 atom stereocenters. The molecule has 4 rings (SSSR count). The van der Waals surface area contributed by atoms with Crippen LogP contribution in [0, 0.1) is 5.41 Å². The van der Waals surface area contributed by atoms with Crippen LogP contribution in [0.5, 0.6) is 0 Å². The van der Waals surface area contributed by atoms with Crippen molar-refractivity contribution in [1.82, 2.24) is 15.0 Å². The van der Waals surface area contributed by atoms with Gasteiger partial charge in [-0.05, 0) is 35.8 Å². The van der Waals surface area contributed by atoms with Gasteiger partial charge in [-0.15, -0.1) is 11.3 Å². The third-order valence-corrected chi connectivity index (χ3v) is 5.91. The number of halogens is 1. The van der Waals surface area contributed by atoms with Gasteiger partial charge in [0, 0.05) is 11.9 Å². The van der Waals surface area contributed by atoms with Gasteiger partial charge in [-0.2, -0.15) is 0 Å². The highest BCUT2D eigenvalue weighted by Crippen LogP contribution is 2.46. The molecule has 0 unspecified atom stereocenters. The highest BCUT2D eigenvalue weighted by Gasteiger charge is 2.34. The monoisotopic (exact) mass is 346 g/mol. The number of thiophene rings is 1. The van der Waals surface area contributed by atoms with E-state index in [0.29, 0.717) is 5.15 Å². The normalized spacial score (nSPS) is 16.2. The van der Waals surface area contributed by atoms with Crippen molar-refractivity contribution >= 4 is 49.2 Å². The molecule has 120 valence electrons. The molecule has 0 spiro atoms. The molecule has 3 heterocycles. The molecular weight excluding hydrogens is 328 g/mol. The first-order valence-electron chi connectivity index (χ1n) is 7.98. The molecule has 0 fully saturated rings. The van der Waals surface area contributed by atoms with Crippen LogP contribution in [-0.2, 0) is 12.8 Å². The summed E-state index contributed by atoms with van der Waals surface area (Å²) >= 11 is 7.87. The minimum atomic E-state index is 0.256. The number of anilines is 1. The number of rotatable bonds is 3. The van der Waals surface area contributed by atoms with Crippen LogP contribution in [-0.4, -0.2) is 21.5 Å². The van der Waals surface area contributed by atoms with Crippen LogP contribution in [0.4, 0.5) is 5.82 Å². The summed E-state index contributed by atoms with van der Waals surface area (Å²) in [6, 6.07) is 0. The number of aromatic nitrogens is 3. The Morgan fingerprint density at radius 2 is 2.04 bits per heavy atom. The fourth-order valence-corrected chi connectivity index (χ4v) is 4.77. The van der Waals surface area contributed by atoms with Crippen molar-refractivity contribution in [2.24, 2.45) is 5.41 Å². The maximum atomic E-state index is 6.27. The Balaban J connectivity index is 2.04. The standard InChI is InChI=1S/C17H19ClN4S/c1-4-5-19-15-10-7-17(2,3)6-9(10)11-12-13(23-16(11)22-15)14(18)21-8-20-12/h8H,4-7H2,1-3H3,(H,19,22). The molecule has 4 nitrogen and oxygen atoms in total. The van der Waals surface area contributed by atoms with Crippen LogP contribution in [0.2, 0.25) is 5.15 Å². The fourth-order valence-electron chi connectivity index (χ4n) is 3.48. The van der Waals surface area contributed by atoms with Gasteiger partial charge in [0.15, 0.2) is 0 Å².